The number of hydrogen-bond donors (Lipinski definition) is 0. The Balaban J connectivity index is 2.79. The Bertz CT molecular complexity index is 254. The number of nitrogens with zero attached hydrogens (tertiary/aromatic N) is 1. The maximum atomic E-state index is 6.43. The maximum absolute atomic E-state index is 6.43. The molecule has 0 fully saturated rings. The first kappa shape index (κ1) is 6.57. The van der Waals surface area contributed by atoms with Gasteiger partial charge >= 0.3 is 0 Å². The van der Waals surface area contributed by atoms with E-state index in [9.17, 15) is 0 Å². The van der Waals surface area contributed by atoms with Crippen molar-refractivity contribution in [2.75, 3.05) is 0 Å². The molecule has 1 rings (SSSR count). The van der Waals surface area contributed by atoms with Gasteiger partial charge in [0.1, 0.15) is 0 Å². The van der Waals surface area contributed by atoms with Crippen LogP contribution >= 0.6 is 0 Å². The summed E-state index contributed by atoms with van der Waals surface area (Å²) in [6, 6.07) is 9.65. The van der Waals surface area contributed by atoms with Crippen LogP contribution in [0.15, 0.2) is 30.3 Å². The van der Waals surface area contributed by atoms with Crippen LogP contribution in [0.4, 0.5) is 0 Å². The average molecular weight is 128 g/mol. The minimum atomic E-state index is 1.01. The highest BCUT2D eigenvalue weighted by Crippen LogP contribution is 1.99. The Kier molecular flexibility index (Phi) is 2.28. The van der Waals surface area contributed by atoms with Crippen LogP contribution in [0, 0.1) is 12.8 Å². The van der Waals surface area contributed by atoms with Gasteiger partial charge in [-0.05, 0) is 0 Å². The molecule has 0 unspecified atom stereocenters. The lowest BCUT2D eigenvalue weighted by molar-refractivity contribution is 1.65. The number of benzene rings is 1. The van der Waals surface area contributed by atoms with Crippen molar-refractivity contribution in [3.05, 3.63) is 53.5 Å². The van der Waals surface area contributed by atoms with E-state index in [1.807, 2.05) is 30.3 Å². The maximum Gasteiger partial charge on any atom is -0.0544 e. The van der Waals surface area contributed by atoms with Gasteiger partial charge in [0.05, 0.1) is 0 Å². The third-order valence-electron chi connectivity index (χ3n) is 1.10. The molecule has 0 aromatic heterocycles. The fourth-order valence-corrected chi connectivity index (χ4v) is 0.656. The molecule has 1 heteroatoms. The zero-order valence-electron chi connectivity index (χ0n) is 5.41. The topological polar surface area (TPSA) is 4.36 Å². The standard InChI is InChI=1S/C9H6N/c1-10-8-7-9-5-3-2-4-6-9/h2-7H/q-1. The molecule has 0 saturated heterocycles. The second kappa shape index (κ2) is 3.47. The fourth-order valence-electron chi connectivity index (χ4n) is 0.656. The van der Waals surface area contributed by atoms with E-state index < -0.39 is 0 Å². The highest BCUT2D eigenvalue weighted by molar-refractivity contribution is 5.47. The van der Waals surface area contributed by atoms with E-state index in [0.29, 0.717) is 0 Å². The Morgan fingerprint density at radius 1 is 1.30 bits per heavy atom. The van der Waals surface area contributed by atoms with Gasteiger partial charge < -0.3 is 4.85 Å². The third-order valence-corrected chi connectivity index (χ3v) is 1.10. The summed E-state index contributed by atoms with van der Waals surface area (Å²) in [6.45, 7) is 6.43. The Morgan fingerprint density at radius 3 is 2.60 bits per heavy atom. The van der Waals surface area contributed by atoms with Crippen LogP contribution < -0.4 is 0 Å². The summed E-state index contributed by atoms with van der Waals surface area (Å²) in [7, 11) is 0. The molecule has 1 nitrogen and oxygen atoms in total. The molecule has 0 N–H and O–H groups in total. The zero-order valence-corrected chi connectivity index (χ0v) is 5.41. The first-order chi connectivity index (χ1) is 4.93. The van der Waals surface area contributed by atoms with Crippen LogP contribution in [0.3, 0.4) is 0 Å². The molecule has 0 bridgehead atoms. The summed E-state index contributed by atoms with van der Waals surface area (Å²) in [5.74, 6) is 0. The monoisotopic (exact) mass is 128 g/mol. The Hall–Kier alpha value is -1.55. The van der Waals surface area contributed by atoms with Crippen LogP contribution in [-0.4, -0.2) is 0 Å². The van der Waals surface area contributed by atoms with Gasteiger partial charge in [0.25, 0.3) is 0 Å². The molecule has 0 atom stereocenters. The van der Waals surface area contributed by atoms with E-state index in [0.717, 1.165) is 5.56 Å². The average Bonchev–Trinajstić information content (AvgIpc) is 2.03. The van der Waals surface area contributed by atoms with Gasteiger partial charge in [-0.1, -0.05) is 42.1 Å². The lowest BCUT2D eigenvalue weighted by Crippen LogP contribution is -1.65. The number of rotatable bonds is 1. The molecule has 0 heterocycles. The van der Waals surface area contributed by atoms with Crippen molar-refractivity contribution in [1.29, 1.82) is 0 Å². The SMILES string of the molecule is [C-]#[N+][C-]=Cc1ccccc1. The molecule has 0 spiro atoms. The Morgan fingerprint density at radius 2 is 2.00 bits per heavy atom. The van der Waals surface area contributed by atoms with Crippen LogP contribution in [0.5, 0.6) is 0 Å². The quantitative estimate of drug-likeness (QED) is 0.511. The largest absolute Gasteiger partial charge is 0.478 e. The van der Waals surface area contributed by atoms with Gasteiger partial charge in [-0.3, -0.25) is 6.57 Å². The first-order valence-electron chi connectivity index (χ1n) is 2.94. The lowest BCUT2D eigenvalue weighted by Gasteiger charge is -1.91. The normalized spacial score (nSPS) is 9.50. The van der Waals surface area contributed by atoms with Gasteiger partial charge in [-0.15, -0.1) is 0 Å². The first-order valence-corrected chi connectivity index (χ1v) is 2.94. The van der Waals surface area contributed by atoms with Crippen LogP contribution in [-0.2, 0) is 0 Å². The number of hydrogen-bond acceptors (Lipinski definition) is 0. The predicted molar refractivity (Wildman–Crippen MR) is 40.8 cm³/mol. The van der Waals surface area contributed by atoms with Crippen molar-refractivity contribution < 1.29 is 0 Å². The van der Waals surface area contributed by atoms with E-state index in [-0.39, 0.29) is 0 Å². The summed E-state index contributed by atoms with van der Waals surface area (Å²) in [4.78, 5) is 2.98. The van der Waals surface area contributed by atoms with Crippen molar-refractivity contribution in [2.45, 2.75) is 0 Å². The molecule has 0 radical (unpaired) electrons. The van der Waals surface area contributed by atoms with E-state index in [1.165, 1.54) is 0 Å². The van der Waals surface area contributed by atoms with Gasteiger partial charge in [-0.2, -0.15) is 6.08 Å². The van der Waals surface area contributed by atoms with Crippen molar-refractivity contribution in [1.82, 2.24) is 0 Å². The Labute approximate surface area is 60.4 Å². The molecular formula is C9H6N-. The molecule has 1 aromatic carbocycles. The highest BCUT2D eigenvalue weighted by atomic mass is 14.6. The minimum absolute atomic E-state index is 1.01. The van der Waals surface area contributed by atoms with Gasteiger partial charge in [0.2, 0.25) is 0 Å². The summed E-state index contributed by atoms with van der Waals surface area (Å²) in [5, 5.41) is 0. The smallest absolute Gasteiger partial charge is 0.0544 e. The summed E-state index contributed by atoms with van der Waals surface area (Å²) in [6.07, 6.45) is 4.09. The second-order valence-electron chi connectivity index (χ2n) is 1.80. The van der Waals surface area contributed by atoms with E-state index in [1.54, 1.807) is 6.08 Å². The van der Waals surface area contributed by atoms with Gasteiger partial charge in [-0.25, -0.2) is 0 Å². The van der Waals surface area contributed by atoms with Crippen molar-refractivity contribution >= 4 is 6.08 Å². The van der Waals surface area contributed by atoms with Crippen molar-refractivity contribution in [3.63, 3.8) is 0 Å². The summed E-state index contributed by atoms with van der Waals surface area (Å²) in [5.41, 5.74) is 1.01. The molecule has 0 aliphatic heterocycles. The summed E-state index contributed by atoms with van der Waals surface area (Å²) < 4.78 is 0. The van der Waals surface area contributed by atoms with E-state index in [4.69, 9.17) is 6.57 Å². The molecule has 0 aliphatic carbocycles. The van der Waals surface area contributed by atoms with Gasteiger partial charge in [0.15, 0.2) is 0 Å². The van der Waals surface area contributed by atoms with Crippen molar-refractivity contribution in [2.24, 2.45) is 0 Å². The van der Waals surface area contributed by atoms with Gasteiger partial charge in [0, 0.05) is 0 Å². The lowest BCUT2D eigenvalue weighted by atomic mass is 10.2. The molecule has 0 saturated carbocycles. The summed E-state index contributed by atoms with van der Waals surface area (Å²) >= 11 is 0. The molecule has 0 aliphatic rings. The van der Waals surface area contributed by atoms with Crippen LogP contribution in [0.2, 0.25) is 0 Å². The third kappa shape index (κ3) is 1.75. The molecule has 1 aromatic rings. The minimum Gasteiger partial charge on any atom is -0.478 e. The van der Waals surface area contributed by atoms with Crippen LogP contribution in [0.1, 0.15) is 5.56 Å². The van der Waals surface area contributed by atoms with Crippen molar-refractivity contribution in [3.8, 4) is 0 Å². The molecule has 0 amide bonds. The molecule has 48 valence electrons. The van der Waals surface area contributed by atoms with E-state index >= 15 is 0 Å². The molecular weight excluding hydrogens is 122 g/mol. The second-order valence-corrected chi connectivity index (χ2v) is 1.80. The van der Waals surface area contributed by atoms with E-state index in [2.05, 4.69) is 11.0 Å². The highest BCUT2D eigenvalue weighted by Gasteiger charge is 1.75. The molecule has 10 heavy (non-hydrogen) atoms. The predicted octanol–water partition coefficient (Wildman–Crippen LogP) is 2.38. The zero-order chi connectivity index (χ0) is 7.23. The van der Waals surface area contributed by atoms with Crippen LogP contribution in [0.25, 0.3) is 10.9 Å². The fraction of sp³-hybridized carbons (Fsp3) is 0.